The number of thiophene rings is 1. The van der Waals surface area contributed by atoms with Crippen LogP contribution in [-0.2, 0) is 5.41 Å². The molecule has 2 aliphatic rings. The minimum Gasteiger partial charge on any atom is -0.309 e. The molecule has 0 saturated carbocycles. The van der Waals surface area contributed by atoms with Crippen LogP contribution in [0.2, 0.25) is 0 Å². The summed E-state index contributed by atoms with van der Waals surface area (Å²) >= 11 is 1.87. The molecule has 2 heteroatoms. The minimum absolute atomic E-state index is 0.484. The fourth-order valence-electron chi connectivity index (χ4n) is 10.6. The Morgan fingerprint density at radius 1 is 0.368 bits per heavy atom. The van der Waals surface area contributed by atoms with Gasteiger partial charge in [-0.1, -0.05) is 152 Å². The van der Waals surface area contributed by atoms with Crippen molar-refractivity contribution in [2.45, 2.75) is 5.41 Å². The SMILES string of the molecule is c1ccc(-c2c3c(cc4c2c2cc(-c5ccc6sc7ccccc7c6c5)ccc2n4-c2ccccc2)-c2ccccc2C32c3ccccc3-c3ccccc32)cc1. The number of benzene rings is 9. The molecule has 2 heterocycles. The molecule has 2 aromatic heterocycles. The summed E-state index contributed by atoms with van der Waals surface area (Å²) in [7, 11) is 0. The van der Waals surface area contributed by atoms with Crippen molar-refractivity contribution in [2.75, 3.05) is 0 Å². The zero-order valence-electron chi connectivity index (χ0n) is 30.9. The number of para-hydroxylation sites is 1. The predicted molar refractivity (Wildman–Crippen MR) is 241 cm³/mol. The summed E-state index contributed by atoms with van der Waals surface area (Å²) in [6.45, 7) is 0. The van der Waals surface area contributed by atoms with Crippen molar-refractivity contribution >= 4 is 53.3 Å². The molecular weight excluding hydrogens is 707 g/mol. The van der Waals surface area contributed by atoms with Gasteiger partial charge in [-0.15, -0.1) is 11.3 Å². The van der Waals surface area contributed by atoms with Crippen LogP contribution in [0.15, 0.2) is 200 Å². The third kappa shape index (κ3) is 4.07. The fraction of sp³-hybridized carbons (Fsp3) is 0.0182. The van der Waals surface area contributed by atoms with Crippen molar-refractivity contribution in [1.82, 2.24) is 4.57 Å². The van der Waals surface area contributed by atoms with Crippen molar-refractivity contribution in [3.8, 4) is 50.2 Å². The molecular formula is C55H33NS. The molecule has 57 heavy (non-hydrogen) atoms. The molecule has 0 fully saturated rings. The predicted octanol–water partition coefficient (Wildman–Crippen LogP) is 14.8. The van der Waals surface area contributed by atoms with E-state index in [0.29, 0.717) is 0 Å². The average molecular weight is 740 g/mol. The molecule has 2 aliphatic carbocycles. The first-order valence-corrected chi connectivity index (χ1v) is 20.6. The molecule has 11 aromatic rings. The summed E-state index contributed by atoms with van der Waals surface area (Å²) in [4.78, 5) is 0. The van der Waals surface area contributed by atoms with Crippen LogP contribution in [0.25, 0.3) is 92.2 Å². The maximum Gasteiger partial charge on any atom is 0.0731 e. The highest BCUT2D eigenvalue weighted by Crippen LogP contribution is 2.65. The molecule has 0 bridgehead atoms. The van der Waals surface area contributed by atoms with E-state index in [1.807, 2.05) is 11.3 Å². The molecule has 0 saturated heterocycles. The second kappa shape index (κ2) is 11.5. The van der Waals surface area contributed by atoms with Gasteiger partial charge in [-0.3, -0.25) is 0 Å². The third-order valence-corrected chi connectivity index (χ3v) is 13.9. The number of fused-ring (bicyclic) bond motifs is 16. The fourth-order valence-corrected chi connectivity index (χ4v) is 11.7. The van der Waals surface area contributed by atoms with E-state index < -0.39 is 5.41 Å². The lowest BCUT2D eigenvalue weighted by Gasteiger charge is -2.32. The van der Waals surface area contributed by atoms with Gasteiger partial charge in [0, 0.05) is 36.6 Å². The van der Waals surface area contributed by atoms with Gasteiger partial charge in [0.05, 0.1) is 16.4 Å². The summed E-state index contributed by atoms with van der Waals surface area (Å²) in [6, 6.07) is 75.1. The maximum absolute atomic E-state index is 2.52. The van der Waals surface area contributed by atoms with Gasteiger partial charge in [-0.05, 0) is 115 Å². The molecule has 0 aliphatic heterocycles. The van der Waals surface area contributed by atoms with E-state index >= 15 is 0 Å². The van der Waals surface area contributed by atoms with Gasteiger partial charge >= 0.3 is 0 Å². The largest absolute Gasteiger partial charge is 0.309 e. The van der Waals surface area contributed by atoms with Gasteiger partial charge < -0.3 is 4.57 Å². The Balaban J connectivity index is 1.22. The van der Waals surface area contributed by atoms with Crippen LogP contribution in [0.4, 0.5) is 0 Å². The minimum atomic E-state index is -0.484. The lowest BCUT2D eigenvalue weighted by atomic mass is 9.68. The third-order valence-electron chi connectivity index (χ3n) is 12.8. The van der Waals surface area contributed by atoms with Gasteiger partial charge in [-0.2, -0.15) is 0 Å². The smallest absolute Gasteiger partial charge is 0.0731 e. The maximum atomic E-state index is 2.52. The molecule has 9 aromatic carbocycles. The highest BCUT2D eigenvalue weighted by molar-refractivity contribution is 7.25. The molecule has 0 N–H and O–H groups in total. The molecule has 0 amide bonds. The summed E-state index contributed by atoms with van der Waals surface area (Å²) in [5.74, 6) is 0. The van der Waals surface area contributed by atoms with Gasteiger partial charge in [0.25, 0.3) is 0 Å². The molecule has 13 rings (SSSR count). The quantitative estimate of drug-likeness (QED) is 0.170. The summed E-state index contributed by atoms with van der Waals surface area (Å²) in [6.07, 6.45) is 0. The zero-order valence-corrected chi connectivity index (χ0v) is 31.7. The molecule has 1 nitrogen and oxygen atoms in total. The van der Waals surface area contributed by atoms with E-state index in [-0.39, 0.29) is 0 Å². The monoisotopic (exact) mass is 739 g/mol. The van der Waals surface area contributed by atoms with Gasteiger partial charge in [0.2, 0.25) is 0 Å². The standard InChI is InChI=1S/C55H33NS/c1-3-15-34(16-4-1)52-53-44-32-35(36-28-30-51-42(31-36)41-22-10-14-26-50(41)57-51)27-29-48(44)56(37-17-5-2-6-18-37)49(53)33-43-40-21-9-13-25-47(40)55(54(43)52)45-23-11-7-19-38(45)39-20-8-12-24-46(39)55/h1-33H. The summed E-state index contributed by atoms with van der Waals surface area (Å²) < 4.78 is 5.16. The molecule has 0 radical (unpaired) electrons. The second-order valence-corrected chi connectivity index (χ2v) is 16.6. The van der Waals surface area contributed by atoms with Gasteiger partial charge in [0.1, 0.15) is 0 Å². The van der Waals surface area contributed by atoms with Crippen LogP contribution in [0.3, 0.4) is 0 Å². The lowest BCUT2D eigenvalue weighted by Crippen LogP contribution is -2.26. The molecule has 0 atom stereocenters. The first-order chi connectivity index (χ1) is 28.3. The number of hydrogen-bond donors (Lipinski definition) is 0. The van der Waals surface area contributed by atoms with Gasteiger partial charge in [0.15, 0.2) is 0 Å². The van der Waals surface area contributed by atoms with E-state index in [1.54, 1.807) is 0 Å². The summed E-state index contributed by atoms with van der Waals surface area (Å²) in [5, 5.41) is 5.19. The van der Waals surface area contributed by atoms with E-state index in [4.69, 9.17) is 0 Å². The molecule has 0 unspecified atom stereocenters. The number of hydrogen-bond acceptors (Lipinski definition) is 1. The Kier molecular flexibility index (Phi) is 6.31. The Bertz CT molecular complexity index is 3410. The van der Waals surface area contributed by atoms with Crippen LogP contribution in [0.1, 0.15) is 22.3 Å². The topological polar surface area (TPSA) is 4.93 Å². The Hall–Kier alpha value is -7.00. The highest BCUT2D eigenvalue weighted by Gasteiger charge is 2.53. The van der Waals surface area contributed by atoms with Crippen molar-refractivity contribution < 1.29 is 0 Å². The van der Waals surface area contributed by atoms with Crippen molar-refractivity contribution in [3.63, 3.8) is 0 Å². The van der Waals surface area contributed by atoms with Crippen molar-refractivity contribution in [2.24, 2.45) is 0 Å². The number of nitrogens with zero attached hydrogens (tertiary/aromatic N) is 1. The van der Waals surface area contributed by atoms with E-state index in [9.17, 15) is 0 Å². The number of aromatic nitrogens is 1. The van der Waals surface area contributed by atoms with E-state index in [0.717, 1.165) is 5.69 Å². The molecule has 1 spiro atoms. The van der Waals surface area contributed by atoms with Crippen LogP contribution in [0.5, 0.6) is 0 Å². The zero-order chi connectivity index (χ0) is 37.2. The van der Waals surface area contributed by atoms with Crippen LogP contribution in [0, 0.1) is 0 Å². The van der Waals surface area contributed by atoms with Crippen LogP contribution in [-0.4, -0.2) is 4.57 Å². The van der Waals surface area contributed by atoms with Gasteiger partial charge in [-0.25, -0.2) is 0 Å². The van der Waals surface area contributed by atoms with Crippen LogP contribution < -0.4 is 0 Å². The molecule has 264 valence electrons. The Morgan fingerprint density at radius 2 is 0.912 bits per heavy atom. The Labute approximate surface area is 334 Å². The Morgan fingerprint density at radius 3 is 1.61 bits per heavy atom. The van der Waals surface area contributed by atoms with Crippen molar-refractivity contribution in [3.05, 3.63) is 222 Å². The van der Waals surface area contributed by atoms with Crippen LogP contribution >= 0.6 is 11.3 Å². The second-order valence-electron chi connectivity index (χ2n) is 15.5. The average Bonchev–Trinajstić information content (AvgIpc) is 3.99. The van der Waals surface area contributed by atoms with E-state index in [2.05, 4.69) is 205 Å². The van der Waals surface area contributed by atoms with Crippen molar-refractivity contribution in [1.29, 1.82) is 0 Å². The first kappa shape index (κ1) is 31.2. The first-order valence-electron chi connectivity index (χ1n) is 19.8. The van der Waals surface area contributed by atoms with E-state index in [1.165, 1.54) is 109 Å². The number of rotatable bonds is 3. The summed E-state index contributed by atoms with van der Waals surface area (Å²) in [5.41, 5.74) is 18.8. The lowest BCUT2D eigenvalue weighted by molar-refractivity contribution is 0.797. The highest BCUT2D eigenvalue weighted by atomic mass is 32.1. The normalized spacial score (nSPS) is 13.4.